The first-order valence-electron chi connectivity index (χ1n) is 20.0. The molecule has 0 unspecified atom stereocenters. The second-order valence-electron chi connectivity index (χ2n) is 14.7. The molecule has 4 heterocycles. The van der Waals surface area contributed by atoms with Gasteiger partial charge in [-0.15, -0.1) is 0 Å². The molecule has 4 aromatic carbocycles. The maximum Gasteiger partial charge on any atom is 0.229 e. The van der Waals surface area contributed by atoms with Crippen molar-refractivity contribution in [2.45, 2.75) is 44.7 Å². The van der Waals surface area contributed by atoms with Crippen molar-refractivity contribution >= 4 is 68.9 Å². The summed E-state index contributed by atoms with van der Waals surface area (Å²) in [6.45, 7) is 0.256. The van der Waals surface area contributed by atoms with E-state index in [1.807, 2.05) is 41.0 Å². The molecule has 0 aliphatic heterocycles. The summed E-state index contributed by atoms with van der Waals surface area (Å²) in [6, 6.07) is 20.7. The van der Waals surface area contributed by atoms with Crippen LogP contribution in [0.2, 0.25) is 0 Å². The molecule has 5 N–H and O–H groups in total. The highest BCUT2D eigenvalue weighted by atomic mass is 19.1. The third-order valence-corrected chi connectivity index (χ3v) is 10.7. The first-order valence-corrected chi connectivity index (χ1v) is 20.0. The fourth-order valence-electron chi connectivity index (χ4n) is 7.61. The monoisotopic (exact) mass is 842 g/mol. The molecule has 1 saturated carbocycles. The highest BCUT2D eigenvalue weighted by Crippen LogP contribution is 2.39. The number of anilines is 8. The molecule has 0 radical (unpaired) electrons. The first kappa shape index (κ1) is 40.0. The molecule has 1 fully saturated rings. The summed E-state index contributed by atoms with van der Waals surface area (Å²) < 4.78 is 59.2. The number of ether oxygens (including phenoxy) is 2. The maximum absolute atomic E-state index is 15.8. The maximum atomic E-state index is 15.8. The summed E-state index contributed by atoms with van der Waals surface area (Å²) in [4.78, 5) is 28.0. The average molecular weight is 843 g/mol. The van der Waals surface area contributed by atoms with Gasteiger partial charge in [-0.1, -0.05) is 18.9 Å². The van der Waals surface area contributed by atoms with Gasteiger partial charge in [0.25, 0.3) is 0 Å². The molecule has 15 nitrogen and oxygen atoms in total. The predicted molar refractivity (Wildman–Crippen MR) is 231 cm³/mol. The average Bonchev–Trinajstić information content (AvgIpc) is 4.03. The zero-order valence-corrected chi connectivity index (χ0v) is 33.7. The lowest BCUT2D eigenvalue weighted by molar-refractivity contribution is 0.280. The Morgan fingerprint density at radius 1 is 0.661 bits per heavy atom. The van der Waals surface area contributed by atoms with E-state index in [4.69, 9.17) is 29.4 Å². The Hall–Kier alpha value is -7.47. The van der Waals surface area contributed by atoms with E-state index in [1.54, 1.807) is 49.4 Å². The summed E-state index contributed by atoms with van der Waals surface area (Å²) in [5, 5.41) is 22.4. The topological polar surface area (TPSA) is 174 Å². The number of imidazole rings is 2. The number of aliphatic hydroxyl groups is 1. The zero-order valence-electron chi connectivity index (χ0n) is 33.7. The Balaban J connectivity index is 1.04. The molecule has 0 amide bonds. The van der Waals surface area contributed by atoms with Gasteiger partial charge in [0.2, 0.25) is 23.8 Å². The number of benzene rings is 4. The number of fused-ring (bicyclic) bond motifs is 2. The quantitative estimate of drug-likeness (QED) is 0.0661. The summed E-state index contributed by atoms with van der Waals surface area (Å²) in [5.41, 5.74) is 4.67. The van der Waals surface area contributed by atoms with Crippen molar-refractivity contribution in [2.24, 2.45) is 0 Å². The smallest absolute Gasteiger partial charge is 0.229 e. The Labute approximate surface area is 353 Å². The van der Waals surface area contributed by atoms with Crippen LogP contribution < -0.4 is 30.7 Å². The number of hydrogen-bond acceptors (Lipinski definition) is 13. The van der Waals surface area contributed by atoms with Crippen LogP contribution in [0.25, 0.3) is 33.5 Å². The van der Waals surface area contributed by atoms with Crippen LogP contribution in [0, 0.1) is 17.5 Å². The van der Waals surface area contributed by atoms with Crippen molar-refractivity contribution in [3.05, 3.63) is 109 Å². The van der Waals surface area contributed by atoms with Crippen LogP contribution >= 0.6 is 0 Å². The van der Waals surface area contributed by atoms with Crippen molar-refractivity contribution < 1.29 is 27.8 Å². The van der Waals surface area contributed by atoms with Crippen LogP contribution in [0.4, 0.5) is 59.7 Å². The molecule has 8 aromatic rings. The molecular formula is C44H41F3N12O3. The molecular weight excluding hydrogens is 802 g/mol. The number of nitrogens with zero attached hydrogens (tertiary/aromatic N) is 8. The lowest BCUT2D eigenvalue weighted by atomic mass is 10.0. The van der Waals surface area contributed by atoms with Gasteiger partial charge in [0, 0.05) is 42.2 Å². The van der Waals surface area contributed by atoms with Gasteiger partial charge < -0.3 is 35.8 Å². The SMILES string of the molecule is COc1ccc(Nc2ncc3nc(Nc4cc(-c5cc(OC)ccc5Nc5ncc6nc(Nc7cc(F)ccc7F)n(C7CCCC7)c6n5)ccc4F)n(CCCO)c3n2)cc1. The van der Waals surface area contributed by atoms with E-state index in [0.717, 1.165) is 49.6 Å². The number of hydrogen-bond donors (Lipinski definition) is 5. The van der Waals surface area contributed by atoms with Crippen molar-refractivity contribution in [3.63, 3.8) is 0 Å². The van der Waals surface area contributed by atoms with Crippen molar-refractivity contribution in [1.82, 2.24) is 39.0 Å². The minimum absolute atomic E-state index is 0.0329. The fourth-order valence-corrected chi connectivity index (χ4v) is 7.61. The minimum Gasteiger partial charge on any atom is -0.497 e. The van der Waals surface area contributed by atoms with Crippen molar-refractivity contribution in [3.8, 4) is 22.6 Å². The van der Waals surface area contributed by atoms with E-state index in [2.05, 4.69) is 31.2 Å². The summed E-state index contributed by atoms with van der Waals surface area (Å²) in [6.07, 6.45) is 7.32. The fraction of sp³-hybridized carbons (Fsp3) is 0.227. The van der Waals surface area contributed by atoms with E-state index < -0.39 is 17.5 Å². The lowest BCUT2D eigenvalue weighted by Gasteiger charge is -2.17. The summed E-state index contributed by atoms with van der Waals surface area (Å²) >= 11 is 0. The number of aromatic nitrogens is 8. The van der Waals surface area contributed by atoms with Crippen LogP contribution in [-0.2, 0) is 6.54 Å². The standard InChI is InChI=1S/C44H41F3N12O3/c1-61-29-12-10-27(11-13-29)50-41-48-23-37-39(56-41)58(18-5-19-60)43(54-37)52-35-20-25(8-15-32(35)46)31-22-30(62-2)14-17-34(31)51-42-49-24-38-40(57-42)59(28-6-3-4-7-28)44(55-38)53-36-21-26(45)9-16-33(36)47/h8-17,20-24,28,60H,3-7,18-19H2,1-2H3,(H,52,54)(H,53,55)(H,48,50,56)(H,49,51,57). The molecule has 62 heavy (non-hydrogen) atoms. The highest BCUT2D eigenvalue weighted by Gasteiger charge is 2.25. The predicted octanol–water partition coefficient (Wildman–Crippen LogP) is 9.54. The zero-order chi connectivity index (χ0) is 42.7. The van der Waals surface area contributed by atoms with Crippen LogP contribution in [0.3, 0.4) is 0 Å². The van der Waals surface area contributed by atoms with Gasteiger partial charge >= 0.3 is 0 Å². The number of halogens is 3. The Morgan fingerprint density at radius 2 is 1.31 bits per heavy atom. The third kappa shape index (κ3) is 8.19. The van der Waals surface area contributed by atoms with Gasteiger partial charge in [-0.3, -0.25) is 9.13 Å². The number of aryl methyl sites for hydroxylation is 1. The van der Waals surface area contributed by atoms with Gasteiger partial charge in [-0.05, 0) is 91.6 Å². The molecule has 1 aliphatic carbocycles. The normalized spacial score (nSPS) is 12.9. The second-order valence-corrected chi connectivity index (χ2v) is 14.7. The molecule has 316 valence electrons. The molecule has 4 aromatic heterocycles. The molecule has 9 rings (SSSR count). The van der Waals surface area contributed by atoms with E-state index in [1.165, 1.54) is 6.07 Å². The van der Waals surface area contributed by atoms with Crippen LogP contribution in [0.15, 0.2) is 91.3 Å². The molecule has 0 spiro atoms. The van der Waals surface area contributed by atoms with Gasteiger partial charge in [0.1, 0.15) is 40.0 Å². The lowest BCUT2D eigenvalue weighted by Crippen LogP contribution is -2.10. The Bertz CT molecular complexity index is 2900. The third-order valence-electron chi connectivity index (χ3n) is 10.7. The van der Waals surface area contributed by atoms with Crippen LogP contribution in [0.1, 0.15) is 38.1 Å². The second kappa shape index (κ2) is 17.3. The Kier molecular flexibility index (Phi) is 11.1. The molecule has 18 heteroatoms. The van der Waals surface area contributed by atoms with Crippen molar-refractivity contribution in [1.29, 1.82) is 0 Å². The molecule has 0 atom stereocenters. The van der Waals surface area contributed by atoms with Crippen LogP contribution in [-0.4, -0.2) is 65.0 Å². The molecule has 0 bridgehead atoms. The number of rotatable bonds is 15. The van der Waals surface area contributed by atoms with Crippen LogP contribution in [0.5, 0.6) is 11.5 Å². The van der Waals surface area contributed by atoms with Crippen molar-refractivity contribution in [2.75, 3.05) is 42.1 Å². The number of aliphatic hydroxyl groups excluding tert-OH is 1. The summed E-state index contributed by atoms with van der Waals surface area (Å²) in [7, 11) is 3.16. The van der Waals surface area contributed by atoms with E-state index in [9.17, 15) is 13.9 Å². The minimum atomic E-state index is -0.612. The number of nitrogens with one attached hydrogen (secondary N) is 4. The van der Waals surface area contributed by atoms with Gasteiger partial charge in [-0.25, -0.2) is 33.1 Å². The van der Waals surface area contributed by atoms with E-state index in [-0.39, 0.29) is 30.0 Å². The Morgan fingerprint density at radius 3 is 2.05 bits per heavy atom. The highest BCUT2D eigenvalue weighted by molar-refractivity contribution is 5.85. The largest absolute Gasteiger partial charge is 0.497 e. The first-order chi connectivity index (χ1) is 30.3. The van der Waals surface area contributed by atoms with Gasteiger partial charge in [0.15, 0.2) is 11.3 Å². The van der Waals surface area contributed by atoms with Gasteiger partial charge in [-0.2, -0.15) is 9.97 Å². The van der Waals surface area contributed by atoms with E-state index in [0.29, 0.717) is 81.5 Å². The molecule has 1 aliphatic rings. The summed E-state index contributed by atoms with van der Waals surface area (Å²) in [5.74, 6) is 0.769. The molecule has 0 saturated heterocycles. The number of methoxy groups -OCH3 is 2. The van der Waals surface area contributed by atoms with Gasteiger partial charge in [0.05, 0.1) is 38.0 Å². The van der Waals surface area contributed by atoms with E-state index >= 15 is 4.39 Å².